The normalized spacial score (nSPS) is 10.5. The Morgan fingerprint density at radius 3 is 2.52 bits per heavy atom. The molecule has 0 aliphatic carbocycles. The molecule has 0 saturated carbocycles. The molecule has 23 heavy (non-hydrogen) atoms. The molecule has 2 aromatic carbocycles. The molecule has 0 amide bonds. The first-order valence-electron chi connectivity index (χ1n) is 7.17. The van der Waals surface area contributed by atoms with E-state index in [2.05, 4.69) is 5.27 Å². The molecule has 0 aliphatic heterocycles. The molecule has 0 atom stereocenters. The lowest BCUT2D eigenvalue weighted by Gasteiger charge is -2.04. The van der Waals surface area contributed by atoms with Gasteiger partial charge in [0.25, 0.3) is 11.2 Å². The Kier molecular flexibility index (Phi) is 4.05. The highest BCUT2D eigenvalue weighted by Crippen LogP contribution is 2.13. The summed E-state index contributed by atoms with van der Waals surface area (Å²) in [4.78, 5) is 11.7. The van der Waals surface area contributed by atoms with E-state index >= 15 is 0 Å². The van der Waals surface area contributed by atoms with Gasteiger partial charge in [0.15, 0.2) is 0 Å². The number of esters is 1. The van der Waals surface area contributed by atoms with Gasteiger partial charge in [0.05, 0.1) is 17.7 Å². The fraction of sp³-hybridized carbons (Fsp3) is 0.118. The Hall–Kier alpha value is -3.15. The molecule has 6 nitrogen and oxygen atoms in total. The third kappa shape index (κ3) is 2.91. The molecular formula is C17H15N3O3. The van der Waals surface area contributed by atoms with Gasteiger partial charge in [-0.3, -0.25) is 5.41 Å². The van der Waals surface area contributed by atoms with Gasteiger partial charge in [-0.05, 0) is 31.2 Å². The summed E-state index contributed by atoms with van der Waals surface area (Å²) < 4.78 is 11.5. The van der Waals surface area contributed by atoms with Gasteiger partial charge >= 0.3 is 5.97 Å². The molecule has 0 aliphatic rings. The number of hydrogen-bond donors (Lipinski definition) is 1. The molecule has 0 saturated heterocycles. The zero-order chi connectivity index (χ0) is 16.2. The topological polar surface area (TPSA) is 81.3 Å². The van der Waals surface area contributed by atoms with E-state index in [0.29, 0.717) is 23.6 Å². The zero-order valence-corrected chi connectivity index (χ0v) is 12.5. The van der Waals surface area contributed by atoms with Crippen LogP contribution in [0.5, 0.6) is 0 Å². The Balaban J connectivity index is 2.01. The lowest BCUT2D eigenvalue weighted by Crippen LogP contribution is -2.37. The fourth-order valence-corrected chi connectivity index (χ4v) is 2.24. The van der Waals surface area contributed by atoms with Crippen molar-refractivity contribution in [3.05, 3.63) is 65.7 Å². The van der Waals surface area contributed by atoms with Gasteiger partial charge in [-0.1, -0.05) is 18.2 Å². The summed E-state index contributed by atoms with van der Waals surface area (Å²) in [5, 5.41) is 11.8. The molecule has 0 radical (unpaired) electrons. The number of nitrogens with one attached hydrogen (secondary N) is 1. The number of carbonyl (C=O) groups is 1. The molecule has 0 bridgehead atoms. The summed E-state index contributed by atoms with van der Waals surface area (Å²) >= 11 is 0. The summed E-state index contributed by atoms with van der Waals surface area (Å²) in [5.74, 6) is -0.367. The molecule has 3 rings (SSSR count). The molecule has 116 valence electrons. The monoisotopic (exact) mass is 309 g/mol. The van der Waals surface area contributed by atoms with Crippen molar-refractivity contribution in [3.63, 3.8) is 0 Å². The predicted molar refractivity (Wildman–Crippen MR) is 80.8 cm³/mol. The number of hydrogen-bond acceptors (Lipinski definition) is 4. The van der Waals surface area contributed by atoms with Gasteiger partial charge in [-0.15, -0.1) is 0 Å². The van der Waals surface area contributed by atoms with E-state index in [0.717, 1.165) is 5.56 Å². The predicted octanol–water partition coefficient (Wildman–Crippen LogP) is 1.84. The summed E-state index contributed by atoms with van der Waals surface area (Å²) in [6.45, 7) is 2.10. The van der Waals surface area contributed by atoms with Gasteiger partial charge in [-0.2, -0.15) is 4.68 Å². The largest absolute Gasteiger partial charge is 0.486 e. The van der Waals surface area contributed by atoms with E-state index in [9.17, 15) is 4.79 Å². The minimum Gasteiger partial charge on any atom is -0.486 e. The average molecular weight is 309 g/mol. The summed E-state index contributed by atoms with van der Waals surface area (Å²) in [5.41, 5.74) is 2.51. The summed E-state index contributed by atoms with van der Waals surface area (Å²) in [6, 6.07) is 16.2. The maximum Gasteiger partial charge on any atom is 0.338 e. The van der Waals surface area contributed by atoms with Gasteiger partial charge in [0.2, 0.25) is 5.69 Å². The molecule has 0 unspecified atom stereocenters. The van der Waals surface area contributed by atoms with Crippen LogP contribution in [0.25, 0.3) is 16.9 Å². The lowest BCUT2D eigenvalue weighted by atomic mass is 10.1. The highest BCUT2D eigenvalue weighted by atomic mass is 16.5. The first-order valence-corrected chi connectivity index (χ1v) is 7.17. The van der Waals surface area contributed by atoms with E-state index < -0.39 is 0 Å². The Bertz CT molecular complexity index is 864. The molecule has 3 aromatic rings. The lowest BCUT2D eigenvalue weighted by molar-refractivity contribution is -0.666. The SMILES string of the molecule is CCOC(=O)c1ccc(-[n+]2[n-]oc(=N)c2-c2ccccc2)cc1. The highest BCUT2D eigenvalue weighted by Gasteiger charge is 2.17. The van der Waals surface area contributed by atoms with Crippen LogP contribution in [0.4, 0.5) is 0 Å². The number of rotatable bonds is 4. The smallest absolute Gasteiger partial charge is 0.338 e. The molecule has 1 N–H and O–H groups in total. The van der Waals surface area contributed by atoms with E-state index in [1.54, 1.807) is 31.2 Å². The minimum atomic E-state index is -0.367. The molecule has 0 spiro atoms. The number of ether oxygens (including phenoxy) is 1. The molecule has 1 heterocycles. The first-order chi connectivity index (χ1) is 11.2. The van der Waals surface area contributed by atoms with Crippen molar-refractivity contribution in [1.82, 2.24) is 5.27 Å². The van der Waals surface area contributed by atoms with Crippen LogP contribution in [0, 0.1) is 5.41 Å². The van der Waals surface area contributed by atoms with Crippen molar-refractivity contribution >= 4 is 5.97 Å². The van der Waals surface area contributed by atoms with Gasteiger partial charge in [0, 0.05) is 12.1 Å². The maximum atomic E-state index is 11.7. The van der Waals surface area contributed by atoms with Gasteiger partial charge < -0.3 is 9.26 Å². The quantitative estimate of drug-likeness (QED) is 0.589. The van der Waals surface area contributed by atoms with Gasteiger partial charge in [-0.25, -0.2) is 10.1 Å². The minimum absolute atomic E-state index is 0.0225. The van der Waals surface area contributed by atoms with Crippen LogP contribution in [-0.2, 0) is 4.74 Å². The Labute approximate surface area is 132 Å². The van der Waals surface area contributed by atoms with Crippen LogP contribution in [0.2, 0.25) is 0 Å². The van der Waals surface area contributed by atoms with Crippen molar-refractivity contribution in [2.24, 2.45) is 0 Å². The second-order valence-corrected chi connectivity index (χ2v) is 4.80. The second-order valence-electron chi connectivity index (χ2n) is 4.80. The number of carbonyl (C=O) groups excluding carboxylic acids is 1. The van der Waals surface area contributed by atoms with Gasteiger partial charge in [0.1, 0.15) is 0 Å². The van der Waals surface area contributed by atoms with E-state index in [4.69, 9.17) is 14.7 Å². The van der Waals surface area contributed by atoms with Crippen molar-refractivity contribution < 1.29 is 18.7 Å². The van der Waals surface area contributed by atoms with Crippen LogP contribution >= 0.6 is 0 Å². The third-order valence-corrected chi connectivity index (χ3v) is 3.31. The zero-order valence-electron chi connectivity index (χ0n) is 12.5. The van der Waals surface area contributed by atoms with Crippen molar-refractivity contribution in [2.75, 3.05) is 6.61 Å². The van der Waals surface area contributed by atoms with Crippen molar-refractivity contribution in [3.8, 4) is 16.9 Å². The summed E-state index contributed by atoms with van der Waals surface area (Å²) in [6.07, 6.45) is 0. The Morgan fingerprint density at radius 2 is 1.87 bits per heavy atom. The molecule has 6 heteroatoms. The highest BCUT2D eigenvalue weighted by molar-refractivity contribution is 5.89. The first kappa shape index (κ1) is 14.8. The summed E-state index contributed by atoms with van der Waals surface area (Å²) in [7, 11) is 0. The van der Waals surface area contributed by atoms with Crippen LogP contribution in [0.15, 0.2) is 59.1 Å². The Morgan fingerprint density at radius 1 is 1.17 bits per heavy atom. The van der Waals surface area contributed by atoms with E-state index in [-0.39, 0.29) is 11.5 Å². The fourth-order valence-electron chi connectivity index (χ4n) is 2.24. The van der Waals surface area contributed by atoms with Crippen LogP contribution in [-0.4, -0.2) is 12.6 Å². The third-order valence-electron chi connectivity index (χ3n) is 3.31. The van der Waals surface area contributed by atoms with Crippen molar-refractivity contribution in [2.45, 2.75) is 6.92 Å². The van der Waals surface area contributed by atoms with E-state index in [1.165, 1.54) is 4.68 Å². The second kappa shape index (κ2) is 6.31. The van der Waals surface area contributed by atoms with Crippen LogP contribution in [0.3, 0.4) is 0 Å². The van der Waals surface area contributed by atoms with Crippen LogP contribution < -0.4 is 15.5 Å². The molecular weight excluding hydrogens is 294 g/mol. The van der Waals surface area contributed by atoms with E-state index in [1.807, 2.05) is 30.3 Å². The van der Waals surface area contributed by atoms with Crippen LogP contribution in [0.1, 0.15) is 17.3 Å². The van der Waals surface area contributed by atoms with Crippen molar-refractivity contribution in [1.29, 1.82) is 5.41 Å². The average Bonchev–Trinajstić information content (AvgIpc) is 2.97. The number of nitrogens with zero attached hydrogens (tertiary/aromatic N) is 2. The number of aromatic nitrogens is 2. The maximum absolute atomic E-state index is 11.7. The number of benzene rings is 2. The standard InChI is InChI=1S/C17H15N3O3/c1-2-22-17(21)13-8-10-14(11-9-13)20-15(16(18)23-19-20)12-6-4-3-5-7-12/h3-11,18H,2H2,1H3. The molecule has 1 aromatic heterocycles. The molecule has 0 fully saturated rings.